The quantitative estimate of drug-likeness (QED) is 0.682. The summed E-state index contributed by atoms with van der Waals surface area (Å²) in [6.45, 7) is 1.67. The third kappa shape index (κ3) is 5.31. The van der Waals surface area contributed by atoms with E-state index in [1.807, 2.05) is 25.1 Å². The van der Waals surface area contributed by atoms with Crippen LogP contribution in [0.2, 0.25) is 0 Å². The molecule has 0 aliphatic heterocycles. The highest BCUT2D eigenvalue weighted by molar-refractivity contribution is 5.97. The molecule has 3 amide bonds. The average Bonchev–Trinajstić information content (AvgIpc) is 3.51. The summed E-state index contributed by atoms with van der Waals surface area (Å²) in [5.74, 6) is -0.194. The van der Waals surface area contributed by atoms with Crippen molar-refractivity contribution in [2.45, 2.75) is 19.8 Å². The van der Waals surface area contributed by atoms with Gasteiger partial charge in [0.2, 0.25) is 5.91 Å². The van der Waals surface area contributed by atoms with E-state index in [-0.39, 0.29) is 18.4 Å². The molecule has 1 saturated carbocycles. The first-order valence-electron chi connectivity index (χ1n) is 8.71. The van der Waals surface area contributed by atoms with Crippen LogP contribution in [-0.4, -0.2) is 24.3 Å². The number of benzene rings is 2. The summed E-state index contributed by atoms with van der Waals surface area (Å²) in [5, 5.41) is 2.80. The maximum Gasteiger partial charge on any atom is 0.276 e. The Morgan fingerprint density at radius 2 is 1.70 bits per heavy atom. The van der Waals surface area contributed by atoms with Crippen LogP contribution < -0.4 is 20.9 Å². The molecule has 0 spiro atoms. The highest BCUT2D eigenvalue weighted by atomic mass is 16.5. The topological polar surface area (TPSA) is 96.5 Å². The molecule has 140 valence electrons. The fourth-order valence-electron chi connectivity index (χ4n) is 2.39. The van der Waals surface area contributed by atoms with Gasteiger partial charge in [0.15, 0.2) is 6.61 Å². The zero-order chi connectivity index (χ0) is 19.2. The van der Waals surface area contributed by atoms with E-state index in [1.165, 1.54) is 0 Å². The van der Waals surface area contributed by atoms with Crippen LogP contribution >= 0.6 is 0 Å². The number of nitrogens with one attached hydrogen (secondary N) is 3. The molecule has 0 saturated heterocycles. The molecule has 0 atom stereocenters. The lowest BCUT2D eigenvalue weighted by molar-refractivity contribution is -0.123. The highest BCUT2D eigenvalue weighted by Crippen LogP contribution is 2.30. The van der Waals surface area contributed by atoms with Gasteiger partial charge in [-0.2, -0.15) is 0 Å². The zero-order valence-corrected chi connectivity index (χ0v) is 15.0. The molecule has 0 bridgehead atoms. The Morgan fingerprint density at radius 3 is 2.37 bits per heavy atom. The maximum absolute atomic E-state index is 12.1. The molecule has 2 aromatic carbocycles. The smallest absolute Gasteiger partial charge is 0.276 e. The van der Waals surface area contributed by atoms with Crippen LogP contribution in [0, 0.1) is 12.8 Å². The molecular weight excluding hydrogens is 346 g/mol. The first-order valence-corrected chi connectivity index (χ1v) is 8.71. The fraction of sp³-hybridized carbons (Fsp3) is 0.250. The number of hydrogen-bond donors (Lipinski definition) is 3. The zero-order valence-electron chi connectivity index (χ0n) is 15.0. The number of para-hydroxylation sites is 1. The van der Waals surface area contributed by atoms with Crippen molar-refractivity contribution in [3.8, 4) is 5.75 Å². The van der Waals surface area contributed by atoms with Crippen molar-refractivity contribution in [1.29, 1.82) is 0 Å². The van der Waals surface area contributed by atoms with Crippen LogP contribution in [0.1, 0.15) is 28.8 Å². The standard InChI is InChI=1S/C20H21N3O4/c1-13-4-2-3-5-17(13)27-12-18(24)22-23-20(26)15-8-10-16(11-9-15)21-19(25)14-6-7-14/h2-5,8-11,14H,6-7,12H2,1H3,(H,21,25)(H,22,24)(H,23,26). The molecular formula is C20H21N3O4. The number of ether oxygens (including phenoxy) is 1. The van der Waals surface area contributed by atoms with Gasteiger partial charge >= 0.3 is 0 Å². The van der Waals surface area contributed by atoms with Crippen molar-refractivity contribution in [2.75, 3.05) is 11.9 Å². The summed E-state index contributed by atoms with van der Waals surface area (Å²) in [7, 11) is 0. The molecule has 2 aromatic rings. The first-order chi connectivity index (χ1) is 13.0. The van der Waals surface area contributed by atoms with Crippen molar-refractivity contribution in [2.24, 2.45) is 5.92 Å². The third-order valence-corrected chi connectivity index (χ3v) is 4.13. The van der Waals surface area contributed by atoms with Crippen molar-refractivity contribution in [3.05, 3.63) is 59.7 Å². The Balaban J connectivity index is 1.43. The van der Waals surface area contributed by atoms with Gasteiger partial charge in [0, 0.05) is 17.2 Å². The maximum atomic E-state index is 12.1. The van der Waals surface area contributed by atoms with E-state index < -0.39 is 11.8 Å². The molecule has 1 fully saturated rings. The van der Waals surface area contributed by atoms with Crippen molar-refractivity contribution in [3.63, 3.8) is 0 Å². The number of hydrogen-bond acceptors (Lipinski definition) is 4. The van der Waals surface area contributed by atoms with Crippen LogP contribution in [0.4, 0.5) is 5.69 Å². The second kappa shape index (κ2) is 8.35. The lowest BCUT2D eigenvalue weighted by atomic mass is 10.2. The number of carbonyl (C=O) groups excluding carboxylic acids is 3. The van der Waals surface area contributed by atoms with Crippen molar-refractivity contribution < 1.29 is 19.1 Å². The average molecular weight is 367 g/mol. The van der Waals surface area contributed by atoms with Gasteiger partial charge in [-0.3, -0.25) is 25.2 Å². The molecule has 3 rings (SSSR count). The van der Waals surface area contributed by atoms with E-state index in [9.17, 15) is 14.4 Å². The highest BCUT2D eigenvalue weighted by Gasteiger charge is 2.29. The normalized spacial score (nSPS) is 12.8. The molecule has 0 unspecified atom stereocenters. The summed E-state index contributed by atoms with van der Waals surface area (Å²) in [4.78, 5) is 35.6. The van der Waals surface area contributed by atoms with E-state index in [4.69, 9.17) is 4.74 Å². The van der Waals surface area contributed by atoms with Crippen LogP contribution in [0.25, 0.3) is 0 Å². The fourth-order valence-corrected chi connectivity index (χ4v) is 2.39. The minimum Gasteiger partial charge on any atom is -0.483 e. The second-order valence-electron chi connectivity index (χ2n) is 6.40. The van der Waals surface area contributed by atoms with Gasteiger partial charge in [-0.25, -0.2) is 0 Å². The SMILES string of the molecule is Cc1ccccc1OCC(=O)NNC(=O)c1ccc(NC(=O)C2CC2)cc1. The molecule has 1 aliphatic rings. The lowest BCUT2D eigenvalue weighted by Gasteiger charge is -2.10. The molecule has 0 aromatic heterocycles. The van der Waals surface area contributed by atoms with Crippen LogP contribution in [0.5, 0.6) is 5.75 Å². The number of hydrazine groups is 1. The Hall–Kier alpha value is -3.35. The van der Waals surface area contributed by atoms with Crippen LogP contribution in [0.3, 0.4) is 0 Å². The van der Waals surface area contributed by atoms with Gasteiger partial charge in [-0.1, -0.05) is 18.2 Å². The first kappa shape index (κ1) is 18.4. The number of rotatable bonds is 6. The monoisotopic (exact) mass is 367 g/mol. The van der Waals surface area contributed by atoms with Crippen LogP contribution in [-0.2, 0) is 9.59 Å². The molecule has 0 heterocycles. The van der Waals surface area contributed by atoms with Crippen molar-refractivity contribution in [1.82, 2.24) is 10.9 Å². The van der Waals surface area contributed by atoms with E-state index in [2.05, 4.69) is 16.2 Å². The Bertz CT molecular complexity index is 845. The molecule has 3 N–H and O–H groups in total. The summed E-state index contributed by atoms with van der Waals surface area (Å²) in [6, 6.07) is 13.8. The Kier molecular flexibility index (Phi) is 5.71. The molecule has 1 aliphatic carbocycles. The number of aryl methyl sites for hydroxylation is 1. The van der Waals surface area contributed by atoms with Gasteiger partial charge in [0.1, 0.15) is 5.75 Å². The van der Waals surface area contributed by atoms with E-state index in [1.54, 1.807) is 30.3 Å². The predicted molar refractivity (Wildman–Crippen MR) is 100 cm³/mol. The Morgan fingerprint density at radius 1 is 1.00 bits per heavy atom. The minimum absolute atomic E-state index is 0.00752. The largest absolute Gasteiger partial charge is 0.483 e. The van der Waals surface area contributed by atoms with Gasteiger partial charge in [-0.15, -0.1) is 0 Å². The lowest BCUT2D eigenvalue weighted by Crippen LogP contribution is -2.43. The molecule has 27 heavy (non-hydrogen) atoms. The van der Waals surface area contributed by atoms with Crippen LogP contribution in [0.15, 0.2) is 48.5 Å². The van der Waals surface area contributed by atoms with Gasteiger partial charge < -0.3 is 10.1 Å². The van der Waals surface area contributed by atoms with E-state index in [0.717, 1.165) is 18.4 Å². The van der Waals surface area contributed by atoms with Gasteiger partial charge in [0.05, 0.1) is 0 Å². The van der Waals surface area contributed by atoms with Gasteiger partial charge in [0.25, 0.3) is 11.8 Å². The summed E-state index contributed by atoms with van der Waals surface area (Å²) in [5.41, 5.74) is 6.56. The van der Waals surface area contributed by atoms with Gasteiger partial charge in [-0.05, 0) is 55.7 Å². The third-order valence-electron chi connectivity index (χ3n) is 4.13. The predicted octanol–water partition coefficient (Wildman–Crippen LogP) is 2.18. The number of anilines is 1. The molecule has 0 radical (unpaired) electrons. The molecule has 7 nitrogen and oxygen atoms in total. The van der Waals surface area contributed by atoms with E-state index in [0.29, 0.717) is 17.0 Å². The summed E-state index contributed by atoms with van der Waals surface area (Å²) < 4.78 is 5.41. The van der Waals surface area contributed by atoms with E-state index >= 15 is 0 Å². The summed E-state index contributed by atoms with van der Waals surface area (Å²) >= 11 is 0. The summed E-state index contributed by atoms with van der Waals surface area (Å²) in [6.07, 6.45) is 1.86. The molecule has 7 heteroatoms. The minimum atomic E-state index is -0.472. The number of amides is 3. The Labute approximate surface area is 157 Å². The van der Waals surface area contributed by atoms with Crippen molar-refractivity contribution >= 4 is 23.4 Å². The second-order valence-corrected chi connectivity index (χ2v) is 6.40. The number of carbonyl (C=O) groups is 3.